The van der Waals surface area contributed by atoms with Gasteiger partial charge in [-0.1, -0.05) is 27.5 Å². The minimum absolute atomic E-state index is 0.0102. The van der Waals surface area contributed by atoms with E-state index in [2.05, 4.69) is 21.2 Å². The molecule has 0 heterocycles. The van der Waals surface area contributed by atoms with Gasteiger partial charge in [0.15, 0.2) is 0 Å². The Hall–Kier alpha value is -1.90. The molecule has 0 spiro atoms. The summed E-state index contributed by atoms with van der Waals surface area (Å²) < 4.78 is 13.7. The molecule has 0 atom stereocenters. The lowest BCUT2D eigenvalue weighted by Gasteiger charge is -2.08. The average Bonchev–Trinajstić information content (AvgIpc) is 2.38. The van der Waals surface area contributed by atoms with Gasteiger partial charge in [-0.15, -0.1) is 0 Å². The molecule has 2 aromatic rings. The van der Waals surface area contributed by atoms with Gasteiger partial charge in [0, 0.05) is 4.47 Å². The maximum atomic E-state index is 12.9. The van der Waals surface area contributed by atoms with Crippen molar-refractivity contribution >= 4 is 39.1 Å². The zero-order chi connectivity index (χ0) is 14.7. The van der Waals surface area contributed by atoms with E-state index >= 15 is 0 Å². The van der Waals surface area contributed by atoms with Gasteiger partial charge in [0.1, 0.15) is 11.9 Å². The Labute approximate surface area is 128 Å². The monoisotopic (exact) mass is 352 g/mol. The van der Waals surface area contributed by atoms with Gasteiger partial charge in [0.05, 0.1) is 21.8 Å². The summed E-state index contributed by atoms with van der Waals surface area (Å²) in [6.07, 6.45) is 0. The molecule has 0 aliphatic rings. The number of nitrogens with zero attached hydrogens (tertiary/aromatic N) is 1. The molecule has 0 bridgehead atoms. The van der Waals surface area contributed by atoms with Gasteiger partial charge in [0.25, 0.3) is 5.91 Å². The molecule has 2 aromatic carbocycles. The fourth-order valence-corrected chi connectivity index (χ4v) is 2.19. The van der Waals surface area contributed by atoms with Crippen molar-refractivity contribution in [2.45, 2.75) is 0 Å². The van der Waals surface area contributed by atoms with Crippen molar-refractivity contribution in [2.24, 2.45) is 0 Å². The van der Waals surface area contributed by atoms with Crippen molar-refractivity contribution in [1.29, 1.82) is 5.26 Å². The van der Waals surface area contributed by atoms with Crippen LogP contribution < -0.4 is 5.32 Å². The fourth-order valence-electron chi connectivity index (χ4n) is 1.58. The Balaban J connectivity index is 2.33. The highest BCUT2D eigenvalue weighted by atomic mass is 79.9. The molecule has 3 nitrogen and oxygen atoms in total. The molecule has 20 heavy (non-hydrogen) atoms. The Morgan fingerprint density at radius 3 is 2.70 bits per heavy atom. The summed E-state index contributed by atoms with van der Waals surface area (Å²) in [6, 6.07) is 10.3. The van der Waals surface area contributed by atoms with E-state index in [9.17, 15) is 9.18 Å². The van der Waals surface area contributed by atoms with Crippen LogP contribution in [0.25, 0.3) is 0 Å². The zero-order valence-electron chi connectivity index (χ0n) is 9.95. The van der Waals surface area contributed by atoms with Crippen LogP contribution >= 0.6 is 27.5 Å². The Kier molecular flexibility index (Phi) is 4.38. The molecule has 0 saturated heterocycles. The summed E-state index contributed by atoms with van der Waals surface area (Å²) in [5.74, 6) is -1.03. The van der Waals surface area contributed by atoms with Crippen molar-refractivity contribution in [3.8, 4) is 6.07 Å². The SMILES string of the molecule is N#Cc1ccc(Br)cc1NC(=O)c1ccc(F)cc1Cl. The van der Waals surface area contributed by atoms with Gasteiger partial charge in [-0.25, -0.2) is 4.39 Å². The predicted molar refractivity (Wildman–Crippen MR) is 78.2 cm³/mol. The minimum Gasteiger partial charge on any atom is -0.321 e. The lowest BCUT2D eigenvalue weighted by atomic mass is 10.1. The molecular formula is C14H7BrClFN2O. The van der Waals surface area contributed by atoms with E-state index in [4.69, 9.17) is 16.9 Å². The maximum Gasteiger partial charge on any atom is 0.257 e. The summed E-state index contributed by atoms with van der Waals surface area (Å²) in [5.41, 5.74) is 0.809. The van der Waals surface area contributed by atoms with Gasteiger partial charge in [-0.2, -0.15) is 5.26 Å². The number of hydrogen-bond acceptors (Lipinski definition) is 2. The van der Waals surface area contributed by atoms with Crippen molar-refractivity contribution in [3.05, 3.63) is 62.8 Å². The first-order valence-electron chi connectivity index (χ1n) is 5.47. The number of halogens is 3. The molecule has 1 amide bonds. The third-order valence-electron chi connectivity index (χ3n) is 2.53. The molecule has 6 heteroatoms. The lowest BCUT2D eigenvalue weighted by molar-refractivity contribution is 0.102. The molecule has 0 aliphatic heterocycles. The van der Waals surface area contributed by atoms with Crippen LogP contribution in [0.3, 0.4) is 0 Å². The average molecular weight is 354 g/mol. The highest BCUT2D eigenvalue weighted by Gasteiger charge is 2.13. The quantitative estimate of drug-likeness (QED) is 0.872. The van der Waals surface area contributed by atoms with Crippen molar-refractivity contribution in [2.75, 3.05) is 5.32 Å². The smallest absolute Gasteiger partial charge is 0.257 e. The van der Waals surface area contributed by atoms with Crippen LogP contribution in [-0.4, -0.2) is 5.91 Å². The maximum absolute atomic E-state index is 12.9. The Morgan fingerprint density at radius 1 is 1.30 bits per heavy atom. The number of amides is 1. The van der Waals surface area contributed by atoms with E-state index in [0.717, 1.165) is 16.6 Å². The lowest BCUT2D eigenvalue weighted by Crippen LogP contribution is -2.13. The Bertz CT molecular complexity index is 728. The van der Waals surface area contributed by atoms with E-state index in [1.165, 1.54) is 6.07 Å². The van der Waals surface area contributed by atoms with Crippen LogP contribution in [0.2, 0.25) is 5.02 Å². The third-order valence-corrected chi connectivity index (χ3v) is 3.33. The van der Waals surface area contributed by atoms with Crippen LogP contribution in [0.1, 0.15) is 15.9 Å². The molecule has 1 N–H and O–H groups in total. The summed E-state index contributed by atoms with van der Waals surface area (Å²) in [7, 11) is 0. The van der Waals surface area contributed by atoms with Crippen LogP contribution in [0.5, 0.6) is 0 Å². The second-order valence-corrected chi connectivity index (χ2v) is 5.20. The molecule has 0 fully saturated rings. The zero-order valence-corrected chi connectivity index (χ0v) is 12.3. The molecule has 0 aromatic heterocycles. The van der Waals surface area contributed by atoms with Crippen molar-refractivity contribution < 1.29 is 9.18 Å². The van der Waals surface area contributed by atoms with E-state index in [0.29, 0.717) is 11.3 Å². The molecule has 0 aliphatic carbocycles. The van der Waals surface area contributed by atoms with Crippen molar-refractivity contribution in [1.82, 2.24) is 0 Å². The molecule has 2 rings (SSSR count). The first kappa shape index (κ1) is 14.5. The standard InChI is InChI=1S/C14H7BrClFN2O/c15-9-2-1-8(7-18)13(5-9)19-14(20)11-4-3-10(17)6-12(11)16/h1-6H,(H,19,20). The van der Waals surface area contributed by atoms with Crippen molar-refractivity contribution in [3.63, 3.8) is 0 Å². The summed E-state index contributed by atoms with van der Waals surface area (Å²) in [6.45, 7) is 0. The van der Waals surface area contributed by atoms with Crippen LogP contribution in [0.4, 0.5) is 10.1 Å². The number of carbonyl (C=O) groups is 1. The second kappa shape index (κ2) is 6.04. The number of benzene rings is 2. The number of carbonyl (C=O) groups excluding carboxylic acids is 1. The molecule has 0 radical (unpaired) electrons. The molecule has 0 unspecified atom stereocenters. The van der Waals surface area contributed by atoms with Gasteiger partial charge in [-0.05, 0) is 36.4 Å². The van der Waals surface area contributed by atoms with Gasteiger partial charge < -0.3 is 5.32 Å². The van der Waals surface area contributed by atoms with E-state index in [1.807, 2.05) is 6.07 Å². The van der Waals surface area contributed by atoms with Crippen LogP contribution in [0.15, 0.2) is 40.9 Å². The predicted octanol–water partition coefficient (Wildman–Crippen LogP) is 4.37. The highest BCUT2D eigenvalue weighted by molar-refractivity contribution is 9.10. The topological polar surface area (TPSA) is 52.9 Å². The molecule has 100 valence electrons. The molecular weight excluding hydrogens is 347 g/mol. The number of nitriles is 1. The van der Waals surface area contributed by atoms with Gasteiger partial charge >= 0.3 is 0 Å². The van der Waals surface area contributed by atoms with Gasteiger partial charge in [-0.3, -0.25) is 4.79 Å². The fraction of sp³-hybridized carbons (Fsp3) is 0. The Morgan fingerprint density at radius 2 is 2.05 bits per heavy atom. The minimum atomic E-state index is -0.522. The van der Waals surface area contributed by atoms with E-state index in [-0.39, 0.29) is 10.6 Å². The van der Waals surface area contributed by atoms with Gasteiger partial charge in [0.2, 0.25) is 0 Å². The van der Waals surface area contributed by atoms with Crippen LogP contribution in [-0.2, 0) is 0 Å². The summed E-state index contributed by atoms with van der Waals surface area (Å²) >= 11 is 9.08. The largest absolute Gasteiger partial charge is 0.321 e. The van der Waals surface area contributed by atoms with Crippen LogP contribution in [0, 0.1) is 17.1 Å². The second-order valence-electron chi connectivity index (χ2n) is 3.88. The number of hydrogen-bond donors (Lipinski definition) is 1. The normalized spacial score (nSPS) is 9.90. The molecule has 0 saturated carbocycles. The number of rotatable bonds is 2. The third kappa shape index (κ3) is 3.16. The van der Waals surface area contributed by atoms with E-state index in [1.54, 1.807) is 18.2 Å². The van der Waals surface area contributed by atoms with E-state index < -0.39 is 11.7 Å². The highest BCUT2D eigenvalue weighted by Crippen LogP contribution is 2.23. The summed E-state index contributed by atoms with van der Waals surface area (Å²) in [5, 5.41) is 11.6. The first-order chi connectivity index (χ1) is 9.51. The first-order valence-corrected chi connectivity index (χ1v) is 6.64. The summed E-state index contributed by atoms with van der Waals surface area (Å²) in [4.78, 5) is 12.1. The number of anilines is 1. The number of nitrogens with one attached hydrogen (secondary N) is 1.